The monoisotopic (exact) mass is 368 g/mol. The molecular weight excluding hydrogens is 356 g/mol. The van der Waals surface area contributed by atoms with E-state index in [2.05, 4.69) is 26.6 Å². The highest BCUT2D eigenvalue weighted by Gasteiger charge is 2.08. The van der Waals surface area contributed by atoms with Gasteiger partial charge in [0.25, 0.3) is 0 Å². The lowest BCUT2D eigenvalue weighted by atomic mass is 10.2. The van der Waals surface area contributed by atoms with Crippen molar-refractivity contribution >= 4 is 39.2 Å². The first kappa shape index (κ1) is 15.7. The topological polar surface area (TPSA) is 50.4 Å². The Bertz CT molecular complexity index is 649. The van der Waals surface area contributed by atoms with Gasteiger partial charge in [-0.3, -0.25) is 0 Å². The lowest BCUT2D eigenvalue weighted by Crippen LogP contribution is -2.28. The highest BCUT2D eigenvalue weighted by atomic mass is 79.9. The van der Waals surface area contributed by atoms with E-state index in [1.165, 1.54) is 7.11 Å². The van der Waals surface area contributed by atoms with Gasteiger partial charge in [-0.1, -0.05) is 39.7 Å². The number of carbonyl (C=O) groups excluding carboxylic acids is 1. The number of urea groups is 1. The summed E-state index contributed by atoms with van der Waals surface area (Å²) in [4.78, 5) is 11.9. The summed E-state index contributed by atoms with van der Waals surface area (Å²) in [6.07, 6.45) is 0. The second-order valence-corrected chi connectivity index (χ2v) is 5.63. The molecule has 6 heteroatoms. The van der Waals surface area contributed by atoms with Crippen LogP contribution in [0.4, 0.5) is 10.5 Å². The summed E-state index contributed by atoms with van der Waals surface area (Å²) in [5.74, 6) is 0.553. The number of amides is 2. The molecule has 0 saturated heterocycles. The van der Waals surface area contributed by atoms with Crippen molar-refractivity contribution in [2.24, 2.45) is 0 Å². The smallest absolute Gasteiger partial charge is 0.319 e. The van der Waals surface area contributed by atoms with Crippen molar-refractivity contribution in [1.29, 1.82) is 0 Å². The van der Waals surface area contributed by atoms with Gasteiger partial charge in [-0.25, -0.2) is 4.79 Å². The molecule has 110 valence electrons. The second-order valence-electron chi connectivity index (χ2n) is 4.28. The third-order valence-corrected chi connectivity index (χ3v) is 3.48. The predicted molar refractivity (Wildman–Crippen MR) is 88.0 cm³/mol. The molecule has 0 aliphatic rings. The Morgan fingerprint density at radius 3 is 2.81 bits per heavy atom. The molecule has 0 fully saturated rings. The molecule has 0 spiro atoms. The molecule has 0 atom stereocenters. The van der Waals surface area contributed by atoms with Crippen LogP contribution in [-0.2, 0) is 6.54 Å². The minimum absolute atomic E-state index is 0.324. The highest BCUT2D eigenvalue weighted by molar-refractivity contribution is 9.10. The van der Waals surface area contributed by atoms with Crippen LogP contribution in [0.2, 0.25) is 5.02 Å². The number of ether oxygens (including phenoxy) is 1. The molecular formula is C15H14BrClN2O2. The van der Waals surface area contributed by atoms with Crippen molar-refractivity contribution in [2.45, 2.75) is 6.54 Å². The summed E-state index contributed by atoms with van der Waals surface area (Å²) < 4.78 is 6.14. The Balaban J connectivity index is 1.97. The van der Waals surface area contributed by atoms with Gasteiger partial charge in [0.05, 0.1) is 12.8 Å². The lowest BCUT2D eigenvalue weighted by molar-refractivity contribution is 0.251. The molecule has 2 aromatic carbocycles. The molecule has 2 rings (SSSR count). The Morgan fingerprint density at radius 1 is 1.29 bits per heavy atom. The van der Waals surface area contributed by atoms with Crippen LogP contribution in [0, 0.1) is 0 Å². The fraction of sp³-hybridized carbons (Fsp3) is 0.133. The van der Waals surface area contributed by atoms with E-state index in [1.54, 1.807) is 18.2 Å². The van der Waals surface area contributed by atoms with Gasteiger partial charge in [-0.15, -0.1) is 0 Å². The predicted octanol–water partition coefficient (Wildman–Crippen LogP) is 4.43. The molecule has 21 heavy (non-hydrogen) atoms. The molecule has 4 nitrogen and oxygen atoms in total. The number of methoxy groups -OCH3 is 1. The zero-order valence-electron chi connectivity index (χ0n) is 11.3. The number of rotatable bonds is 4. The summed E-state index contributed by atoms with van der Waals surface area (Å²) in [5.41, 5.74) is 1.52. The summed E-state index contributed by atoms with van der Waals surface area (Å²) in [6.45, 7) is 0.425. The van der Waals surface area contributed by atoms with Gasteiger partial charge in [-0.2, -0.15) is 0 Å². The van der Waals surface area contributed by atoms with E-state index >= 15 is 0 Å². The second kappa shape index (κ2) is 7.33. The van der Waals surface area contributed by atoms with Crippen molar-refractivity contribution < 1.29 is 9.53 Å². The SMILES string of the molecule is COc1ccc(Cl)cc1NC(=O)NCc1cccc(Br)c1. The summed E-state index contributed by atoms with van der Waals surface area (Å²) >= 11 is 9.31. The van der Waals surface area contributed by atoms with Crippen LogP contribution in [0.25, 0.3) is 0 Å². The zero-order valence-corrected chi connectivity index (χ0v) is 13.7. The van der Waals surface area contributed by atoms with Crippen LogP contribution in [0.15, 0.2) is 46.9 Å². The van der Waals surface area contributed by atoms with Crippen LogP contribution < -0.4 is 15.4 Å². The molecule has 0 heterocycles. The zero-order chi connectivity index (χ0) is 15.2. The third kappa shape index (κ3) is 4.65. The van der Waals surface area contributed by atoms with Gasteiger partial charge < -0.3 is 15.4 Å². The number of anilines is 1. The molecule has 2 amide bonds. The number of benzene rings is 2. The minimum atomic E-state index is -0.324. The van der Waals surface area contributed by atoms with Crippen molar-refractivity contribution in [3.63, 3.8) is 0 Å². The van der Waals surface area contributed by atoms with Crippen molar-refractivity contribution in [3.05, 3.63) is 57.5 Å². The first-order valence-electron chi connectivity index (χ1n) is 6.21. The number of hydrogen-bond donors (Lipinski definition) is 2. The first-order chi connectivity index (χ1) is 10.1. The number of halogens is 2. The molecule has 0 aromatic heterocycles. The normalized spacial score (nSPS) is 10.0. The largest absolute Gasteiger partial charge is 0.495 e. The molecule has 0 saturated carbocycles. The van der Waals surface area contributed by atoms with E-state index in [9.17, 15) is 4.79 Å². The third-order valence-electron chi connectivity index (χ3n) is 2.75. The highest BCUT2D eigenvalue weighted by Crippen LogP contribution is 2.27. The van der Waals surface area contributed by atoms with Crippen LogP contribution in [0.1, 0.15) is 5.56 Å². The van der Waals surface area contributed by atoms with Crippen molar-refractivity contribution in [3.8, 4) is 5.75 Å². The standard InChI is InChI=1S/C15H14BrClN2O2/c1-21-14-6-5-12(17)8-13(14)19-15(20)18-9-10-3-2-4-11(16)7-10/h2-8H,9H2,1H3,(H2,18,19,20). The van der Waals surface area contributed by atoms with E-state index in [0.717, 1.165) is 10.0 Å². The van der Waals surface area contributed by atoms with Crippen LogP contribution >= 0.6 is 27.5 Å². The van der Waals surface area contributed by atoms with E-state index in [1.807, 2.05) is 24.3 Å². The fourth-order valence-electron chi connectivity index (χ4n) is 1.77. The van der Waals surface area contributed by atoms with Crippen molar-refractivity contribution in [2.75, 3.05) is 12.4 Å². The summed E-state index contributed by atoms with van der Waals surface area (Å²) in [6, 6.07) is 12.4. The fourth-order valence-corrected chi connectivity index (χ4v) is 2.39. The Kier molecular flexibility index (Phi) is 5.47. The molecule has 2 aromatic rings. The van der Waals surface area contributed by atoms with Gasteiger partial charge in [0, 0.05) is 16.0 Å². The van der Waals surface area contributed by atoms with Gasteiger partial charge in [0.2, 0.25) is 0 Å². The number of hydrogen-bond acceptors (Lipinski definition) is 2. The molecule has 0 bridgehead atoms. The van der Waals surface area contributed by atoms with Gasteiger partial charge >= 0.3 is 6.03 Å². The molecule has 0 aliphatic carbocycles. The molecule has 0 unspecified atom stereocenters. The average molecular weight is 370 g/mol. The average Bonchev–Trinajstić information content (AvgIpc) is 2.45. The van der Waals surface area contributed by atoms with E-state index < -0.39 is 0 Å². The maximum absolute atomic E-state index is 11.9. The van der Waals surface area contributed by atoms with Gasteiger partial charge in [-0.05, 0) is 35.9 Å². The summed E-state index contributed by atoms with van der Waals surface area (Å²) in [7, 11) is 1.54. The Labute approximate surface area is 136 Å². The molecule has 0 radical (unpaired) electrons. The Morgan fingerprint density at radius 2 is 2.10 bits per heavy atom. The summed E-state index contributed by atoms with van der Waals surface area (Å²) in [5, 5.41) is 6.02. The maximum Gasteiger partial charge on any atom is 0.319 e. The first-order valence-corrected chi connectivity index (χ1v) is 7.38. The minimum Gasteiger partial charge on any atom is -0.495 e. The molecule has 2 N–H and O–H groups in total. The maximum atomic E-state index is 11.9. The van der Waals surface area contributed by atoms with E-state index in [0.29, 0.717) is 23.0 Å². The van der Waals surface area contributed by atoms with Crippen LogP contribution in [-0.4, -0.2) is 13.1 Å². The quantitative estimate of drug-likeness (QED) is 0.837. The number of carbonyl (C=O) groups is 1. The van der Waals surface area contributed by atoms with Crippen molar-refractivity contribution in [1.82, 2.24) is 5.32 Å². The molecule has 0 aliphatic heterocycles. The number of nitrogens with one attached hydrogen (secondary N) is 2. The lowest BCUT2D eigenvalue weighted by Gasteiger charge is -2.11. The van der Waals surface area contributed by atoms with E-state index in [4.69, 9.17) is 16.3 Å². The van der Waals surface area contributed by atoms with Crippen LogP contribution in [0.3, 0.4) is 0 Å². The van der Waals surface area contributed by atoms with Gasteiger partial charge in [0.15, 0.2) is 0 Å². The van der Waals surface area contributed by atoms with Crippen LogP contribution in [0.5, 0.6) is 5.75 Å². The van der Waals surface area contributed by atoms with E-state index in [-0.39, 0.29) is 6.03 Å². The van der Waals surface area contributed by atoms with Gasteiger partial charge in [0.1, 0.15) is 5.75 Å². The Hall–Kier alpha value is -1.72.